The second-order valence-electron chi connectivity index (χ2n) is 5.95. The van der Waals surface area contributed by atoms with Crippen LogP contribution in [0.5, 0.6) is 0 Å². The summed E-state index contributed by atoms with van der Waals surface area (Å²) in [5, 5.41) is 14.3. The number of amides is 1. The number of H-pyrrole nitrogens is 2. The van der Waals surface area contributed by atoms with Gasteiger partial charge >= 0.3 is 0 Å². The number of aromatic nitrogens is 5. The van der Waals surface area contributed by atoms with Crippen LogP contribution in [0.2, 0.25) is 0 Å². The SMILES string of the molecule is O=C(c1ccc(CSc2ncn[nH]2)o1)N1CCCC(c2ccn[nH]2)C1. The highest BCUT2D eigenvalue weighted by Gasteiger charge is 2.27. The second-order valence-corrected chi connectivity index (χ2v) is 6.91. The van der Waals surface area contributed by atoms with E-state index >= 15 is 0 Å². The van der Waals surface area contributed by atoms with Gasteiger partial charge in [-0.3, -0.25) is 15.0 Å². The van der Waals surface area contributed by atoms with Gasteiger partial charge in [0, 0.05) is 30.9 Å². The number of furan rings is 1. The van der Waals surface area contributed by atoms with E-state index in [0.29, 0.717) is 24.0 Å². The second kappa shape index (κ2) is 7.14. The maximum absolute atomic E-state index is 12.7. The molecule has 0 bridgehead atoms. The summed E-state index contributed by atoms with van der Waals surface area (Å²) in [5.74, 6) is 1.97. The van der Waals surface area contributed by atoms with Crippen molar-refractivity contribution in [2.24, 2.45) is 0 Å². The van der Waals surface area contributed by atoms with E-state index in [9.17, 15) is 4.79 Å². The fourth-order valence-corrected chi connectivity index (χ4v) is 3.71. The molecule has 0 radical (unpaired) electrons. The number of carbonyl (C=O) groups is 1. The van der Waals surface area contributed by atoms with Gasteiger partial charge in [0.15, 0.2) is 10.9 Å². The number of piperidine rings is 1. The van der Waals surface area contributed by atoms with Crippen LogP contribution in [0, 0.1) is 0 Å². The van der Waals surface area contributed by atoms with Gasteiger partial charge in [-0.05, 0) is 31.0 Å². The predicted octanol–water partition coefficient (Wildman–Crippen LogP) is 2.43. The van der Waals surface area contributed by atoms with Crippen molar-refractivity contribution in [3.05, 3.63) is 47.9 Å². The Hall–Kier alpha value is -2.55. The Morgan fingerprint density at radius 3 is 3.08 bits per heavy atom. The van der Waals surface area contributed by atoms with E-state index in [1.165, 1.54) is 18.1 Å². The van der Waals surface area contributed by atoms with Crippen molar-refractivity contribution in [3.8, 4) is 0 Å². The highest BCUT2D eigenvalue weighted by molar-refractivity contribution is 7.98. The molecule has 4 rings (SSSR count). The van der Waals surface area contributed by atoms with Gasteiger partial charge in [0.05, 0.1) is 5.75 Å². The number of nitrogens with zero attached hydrogens (tertiary/aromatic N) is 4. The van der Waals surface area contributed by atoms with E-state index in [4.69, 9.17) is 4.42 Å². The van der Waals surface area contributed by atoms with Crippen LogP contribution < -0.4 is 0 Å². The largest absolute Gasteiger partial charge is 0.455 e. The van der Waals surface area contributed by atoms with Gasteiger partial charge in [-0.25, -0.2) is 4.98 Å². The summed E-state index contributed by atoms with van der Waals surface area (Å²) in [5.41, 5.74) is 1.08. The first kappa shape index (κ1) is 15.9. The maximum atomic E-state index is 12.7. The summed E-state index contributed by atoms with van der Waals surface area (Å²) in [6, 6.07) is 5.57. The third-order valence-corrected chi connectivity index (χ3v) is 5.19. The number of aromatic amines is 2. The van der Waals surface area contributed by atoms with Crippen molar-refractivity contribution in [1.29, 1.82) is 0 Å². The van der Waals surface area contributed by atoms with Crippen LogP contribution in [0.1, 0.15) is 40.8 Å². The average Bonchev–Trinajstić information content (AvgIpc) is 3.42. The summed E-state index contributed by atoms with van der Waals surface area (Å²) in [4.78, 5) is 18.6. The molecular weight excluding hydrogens is 340 g/mol. The smallest absolute Gasteiger partial charge is 0.289 e. The lowest BCUT2D eigenvalue weighted by molar-refractivity contribution is 0.0672. The zero-order chi connectivity index (χ0) is 17.1. The van der Waals surface area contributed by atoms with Crippen LogP contribution >= 0.6 is 11.8 Å². The molecular formula is C16H18N6O2S. The lowest BCUT2D eigenvalue weighted by Gasteiger charge is -2.31. The summed E-state index contributed by atoms with van der Waals surface area (Å²) in [6.07, 6.45) is 5.25. The first-order valence-electron chi connectivity index (χ1n) is 8.15. The van der Waals surface area contributed by atoms with E-state index in [-0.39, 0.29) is 5.91 Å². The zero-order valence-electron chi connectivity index (χ0n) is 13.5. The summed E-state index contributed by atoms with van der Waals surface area (Å²) >= 11 is 1.48. The molecule has 1 aliphatic heterocycles. The molecule has 8 nitrogen and oxygen atoms in total. The molecule has 1 saturated heterocycles. The van der Waals surface area contributed by atoms with E-state index in [0.717, 1.165) is 36.0 Å². The fraction of sp³-hybridized carbons (Fsp3) is 0.375. The Bertz CT molecular complexity index is 814. The molecule has 3 aromatic rings. The monoisotopic (exact) mass is 358 g/mol. The molecule has 0 aliphatic carbocycles. The maximum Gasteiger partial charge on any atom is 0.289 e. The van der Waals surface area contributed by atoms with Crippen molar-refractivity contribution in [2.75, 3.05) is 13.1 Å². The van der Waals surface area contributed by atoms with Crippen LogP contribution in [-0.4, -0.2) is 49.3 Å². The predicted molar refractivity (Wildman–Crippen MR) is 91.1 cm³/mol. The molecule has 130 valence electrons. The molecule has 0 spiro atoms. The van der Waals surface area contributed by atoms with Crippen LogP contribution in [0.3, 0.4) is 0 Å². The third-order valence-electron chi connectivity index (χ3n) is 4.29. The van der Waals surface area contributed by atoms with E-state index in [2.05, 4.69) is 25.4 Å². The zero-order valence-corrected chi connectivity index (χ0v) is 14.3. The highest BCUT2D eigenvalue weighted by atomic mass is 32.2. The van der Waals surface area contributed by atoms with Crippen molar-refractivity contribution in [3.63, 3.8) is 0 Å². The molecule has 1 unspecified atom stereocenters. The van der Waals surface area contributed by atoms with Gasteiger partial charge in [0.1, 0.15) is 12.1 Å². The van der Waals surface area contributed by atoms with Gasteiger partial charge in [-0.1, -0.05) is 11.8 Å². The number of nitrogens with one attached hydrogen (secondary N) is 2. The van der Waals surface area contributed by atoms with Crippen LogP contribution in [0.4, 0.5) is 0 Å². The molecule has 0 aromatic carbocycles. The molecule has 3 aromatic heterocycles. The first-order valence-corrected chi connectivity index (χ1v) is 9.13. The Morgan fingerprint density at radius 2 is 2.28 bits per heavy atom. The van der Waals surface area contributed by atoms with Gasteiger partial charge in [0.25, 0.3) is 5.91 Å². The minimum atomic E-state index is -0.0554. The van der Waals surface area contributed by atoms with Crippen molar-refractivity contribution >= 4 is 17.7 Å². The highest BCUT2D eigenvalue weighted by Crippen LogP contribution is 2.27. The number of hydrogen-bond acceptors (Lipinski definition) is 6. The number of carbonyl (C=O) groups excluding carboxylic acids is 1. The molecule has 4 heterocycles. The first-order chi connectivity index (χ1) is 12.3. The molecule has 1 fully saturated rings. The minimum absolute atomic E-state index is 0.0554. The minimum Gasteiger partial charge on any atom is -0.455 e. The number of hydrogen-bond donors (Lipinski definition) is 2. The Balaban J connectivity index is 1.38. The van der Waals surface area contributed by atoms with Gasteiger partial charge in [0.2, 0.25) is 0 Å². The van der Waals surface area contributed by atoms with Crippen molar-refractivity contribution in [1.82, 2.24) is 30.3 Å². The van der Waals surface area contributed by atoms with Gasteiger partial charge in [-0.2, -0.15) is 10.2 Å². The van der Waals surface area contributed by atoms with E-state index in [1.807, 2.05) is 17.0 Å². The molecule has 1 amide bonds. The van der Waals surface area contributed by atoms with Crippen LogP contribution in [0.25, 0.3) is 0 Å². The Labute approximate surface area is 148 Å². The normalized spacial score (nSPS) is 17.8. The molecule has 9 heteroatoms. The molecule has 2 N–H and O–H groups in total. The lowest BCUT2D eigenvalue weighted by atomic mass is 9.95. The van der Waals surface area contributed by atoms with Crippen LogP contribution in [0.15, 0.2) is 40.3 Å². The third kappa shape index (κ3) is 3.60. The fourth-order valence-electron chi connectivity index (χ4n) is 3.04. The van der Waals surface area contributed by atoms with E-state index in [1.54, 1.807) is 12.3 Å². The van der Waals surface area contributed by atoms with Crippen molar-refractivity contribution < 1.29 is 9.21 Å². The van der Waals surface area contributed by atoms with Crippen molar-refractivity contribution in [2.45, 2.75) is 29.7 Å². The molecule has 1 atom stereocenters. The van der Waals surface area contributed by atoms with Gasteiger partial charge in [-0.15, -0.1) is 0 Å². The molecule has 25 heavy (non-hydrogen) atoms. The van der Waals surface area contributed by atoms with Crippen LogP contribution in [-0.2, 0) is 5.75 Å². The standard InChI is InChI=1S/C16H18N6O2S/c23-15(22-7-1-2-11(8-22)13-5-6-18-20-13)14-4-3-12(24-14)9-25-16-17-10-19-21-16/h3-6,10-11H,1-2,7-9H2,(H,18,20)(H,17,19,21). The molecule has 0 saturated carbocycles. The molecule has 1 aliphatic rings. The number of likely N-dealkylation sites (tertiary alicyclic amines) is 1. The van der Waals surface area contributed by atoms with E-state index < -0.39 is 0 Å². The quantitative estimate of drug-likeness (QED) is 0.679. The number of thioether (sulfide) groups is 1. The van der Waals surface area contributed by atoms with Gasteiger partial charge < -0.3 is 9.32 Å². The topological polar surface area (TPSA) is 104 Å². The average molecular weight is 358 g/mol. The summed E-state index contributed by atoms with van der Waals surface area (Å²) in [6.45, 7) is 1.44. The number of rotatable bonds is 5. The Kier molecular flexibility index (Phi) is 4.55. The lowest BCUT2D eigenvalue weighted by Crippen LogP contribution is -2.39. The Morgan fingerprint density at radius 1 is 1.32 bits per heavy atom. The summed E-state index contributed by atoms with van der Waals surface area (Å²) < 4.78 is 5.73. The summed E-state index contributed by atoms with van der Waals surface area (Å²) in [7, 11) is 0.